The van der Waals surface area contributed by atoms with Crippen LogP contribution in [0.15, 0.2) is 9.98 Å². The van der Waals surface area contributed by atoms with Crippen molar-refractivity contribution in [2.24, 2.45) is 21.3 Å². The van der Waals surface area contributed by atoms with E-state index in [1.54, 1.807) is 0 Å². The van der Waals surface area contributed by atoms with Crippen molar-refractivity contribution >= 4 is 12.2 Å². The van der Waals surface area contributed by atoms with E-state index in [1.165, 1.54) is 12.2 Å². The molecule has 0 saturated heterocycles. The first-order valence-corrected chi connectivity index (χ1v) is 5.03. The molecule has 15 heavy (non-hydrogen) atoms. The maximum atomic E-state index is 10.1. The Labute approximate surface area is 90.5 Å². The van der Waals surface area contributed by atoms with Crippen LogP contribution in [-0.4, -0.2) is 18.3 Å². The summed E-state index contributed by atoms with van der Waals surface area (Å²) in [4.78, 5) is 27.0. The molecule has 84 valence electrons. The molecule has 0 radical (unpaired) electrons. The van der Waals surface area contributed by atoms with Crippen LogP contribution in [0.25, 0.3) is 0 Å². The molecule has 0 aliphatic rings. The fourth-order valence-corrected chi connectivity index (χ4v) is 1.74. The minimum Gasteiger partial charge on any atom is -0.211 e. The van der Waals surface area contributed by atoms with Crippen LogP contribution >= 0.6 is 0 Å². The number of isocyanates is 2. The lowest BCUT2D eigenvalue weighted by molar-refractivity contribution is 0.287. The standard InChI is InChI=1S/C11H18N2O2/c1-9(6-11(2,3)4)5-10(12-7-14)13-8-15/h9-10H,5-6H2,1-4H3. The van der Waals surface area contributed by atoms with Crippen molar-refractivity contribution in [1.29, 1.82) is 0 Å². The van der Waals surface area contributed by atoms with Gasteiger partial charge in [0, 0.05) is 0 Å². The predicted molar refractivity (Wildman–Crippen MR) is 57.9 cm³/mol. The number of hydrogen-bond acceptors (Lipinski definition) is 4. The average Bonchev–Trinajstić information content (AvgIpc) is 2.00. The first-order valence-electron chi connectivity index (χ1n) is 5.03. The van der Waals surface area contributed by atoms with Gasteiger partial charge in [-0.3, -0.25) is 0 Å². The van der Waals surface area contributed by atoms with E-state index in [0.29, 0.717) is 12.3 Å². The van der Waals surface area contributed by atoms with E-state index in [0.717, 1.165) is 6.42 Å². The zero-order chi connectivity index (χ0) is 11.9. The number of rotatable bonds is 5. The third-order valence-electron chi connectivity index (χ3n) is 1.98. The zero-order valence-electron chi connectivity index (χ0n) is 9.78. The number of nitrogens with zero attached hydrogens (tertiary/aromatic N) is 2. The lowest BCUT2D eigenvalue weighted by atomic mass is 9.84. The molecule has 0 aromatic heterocycles. The summed E-state index contributed by atoms with van der Waals surface area (Å²) in [5, 5.41) is 0. The summed E-state index contributed by atoms with van der Waals surface area (Å²) in [7, 11) is 0. The zero-order valence-corrected chi connectivity index (χ0v) is 9.78. The summed E-state index contributed by atoms with van der Waals surface area (Å²) < 4.78 is 0. The smallest absolute Gasteiger partial charge is 0.211 e. The van der Waals surface area contributed by atoms with Gasteiger partial charge in [0.1, 0.15) is 0 Å². The predicted octanol–water partition coefficient (Wildman–Crippen LogP) is 2.45. The van der Waals surface area contributed by atoms with Crippen LogP contribution in [0.2, 0.25) is 0 Å². The summed E-state index contributed by atoms with van der Waals surface area (Å²) in [6.45, 7) is 8.48. The molecule has 1 unspecified atom stereocenters. The maximum Gasteiger partial charge on any atom is 0.237 e. The molecular weight excluding hydrogens is 192 g/mol. The third kappa shape index (κ3) is 7.80. The van der Waals surface area contributed by atoms with E-state index in [-0.39, 0.29) is 5.41 Å². The second-order valence-electron chi connectivity index (χ2n) is 5.03. The van der Waals surface area contributed by atoms with Crippen molar-refractivity contribution in [3.8, 4) is 0 Å². The average molecular weight is 210 g/mol. The first kappa shape index (κ1) is 13.8. The molecule has 0 spiro atoms. The van der Waals surface area contributed by atoms with Crippen molar-refractivity contribution < 1.29 is 9.59 Å². The molecule has 0 aliphatic heterocycles. The lowest BCUT2D eigenvalue weighted by Crippen LogP contribution is -2.15. The normalized spacial score (nSPS) is 14.7. The monoisotopic (exact) mass is 210 g/mol. The molecule has 0 bridgehead atoms. The summed E-state index contributed by atoms with van der Waals surface area (Å²) >= 11 is 0. The Kier molecular flexibility index (Phi) is 5.76. The second kappa shape index (κ2) is 6.28. The minimum atomic E-state index is -0.614. The van der Waals surface area contributed by atoms with E-state index in [2.05, 4.69) is 37.7 Å². The van der Waals surface area contributed by atoms with Gasteiger partial charge in [-0.25, -0.2) is 9.59 Å². The Bertz CT molecular complexity index is 263. The topological polar surface area (TPSA) is 58.9 Å². The summed E-state index contributed by atoms with van der Waals surface area (Å²) in [6.07, 6.45) is 3.81. The highest BCUT2D eigenvalue weighted by molar-refractivity contribution is 5.36. The first-order chi connectivity index (χ1) is 6.89. The molecule has 0 rings (SSSR count). The van der Waals surface area contributed by atoms with Crippen LogP contribution in [0.4, 0.5) is 0 Å². The molecule has 0 aromatic carbocycles. The van der Waals surface area contributed by atoms with Gasteiger partial charge in [0.05, 0.1) is 0 Å². The van der Waals surface area contributed by atoms with E-state index in [9.17, 15) is 9.59 Å². The highest BCUT2D eigenvalue weighted by Crippen LogP contribution is 2.27. The highest BCUT2D eigenvalue weighted by atomic mass is 16.1. The molecule has 1 atom stereocenters. The van der Waals surface area contributed by atoms with Gasteiger partial charge in [0.2, 0.25) is 12.2 Å². The second-order valence-corrected chi connectivity index (χ2v) is 5.03. The molecule has 0 heterocycles. The number of aliphatic imine (C=N–C) groups is 2. The van der Waals surface area contributed by atoms with Gasteiger partial charge in [0.25, 0.3) is 0 Å². The van der Waals surface area contributed by atoms with Crippen molar-refractivity contribution in [2.45, 2.75) is 46.7 Å². The number of hydrogen-bond donors (Lipinski definition) is 0. The molecule has 4 nitrogen and oxygen atoms in total. The van der Waals surface area contributed by atoms with Gasteiger partial charge in [-0.2, -0.15) is 9.98 Å². The molecule has 0 saturated carbocycles. The van der Waals surface area contributed by atoms with Crippen LogP contribution in [0.1, 0.15) is 40.5 Å². The van der Waals surface area contributed by atoms with E-state index in [4.69, 9.17) is 0 Å². The van der Waals surface area contributed by atoms with Crippen LogP contribution in [-0.2, 0) is 9.59 Å². The Morgan fingerprint density at radius 3 is 1.93 bits per heavy atom. The van der Waals surface area contributed by atoms with Crippen LogP contribution in [0.3, 0.4) is 0 Å². The third-order valence-corrected chi connectivity index (χ3v) is 1.98. The van der Waals surface area contributed by atoms with Gasteiger partial charge >= 0.3 is 0 Å². The molecular formula is C11H18N2O2. The Morgan fingerprint density at radius 2 is 1.60 bits per heavy atom. The Hall–Kier alpha value is -1.24. The van der Waals surface area contributed by atoms with Gasteiger partial charge < -0.3 is 0 Å². The quantitative estimate of drug-likeness (QED) is 0.517. The highest BCUT2D eigenvalue weighted by Gasteiger charge is 2.18. The Balaban J connectivity index is 4.28. The Morgan fingerprint density at radius 1 is 1.13 bits per heavy atom. The van der Waals surface area contributed by atoms with Crippen LogP contribution in [0, 0.1) is 11.3 Å². The number of carbonyl (C=O) groups excluding carboxylic acids is 2. The molecule has 4 heteroatoms. The largest absolute Gasteiger partial charge is 0.237 e. The van der Waals surface area contributed by atoms with Crippen molar-refractivity contribution in [3.63, 3.8) is 0 Å². The molecule has 0 amide bonds. The molecule has 0 fully saturated rings. The fraction of sp³-hybridized carbons (Fsp3) is 0.818. The maximum absolute atomic E-state index is 10.1. The molecule has 0 aliphatic carbocycles. The fourth-order valence-electron chi connectivity index (χ4n) is 1.74. The van der Waals surface area contributed by atoms with Crippen LogP contribution < -0.4 is 0 Å². The van der Waals surface area contributed by atoms with Gasteiger partial charge in [-0.15, -0.1) is 0 Å². The summed E-state index contributed by atoms with van der Waals surface area (Å²) in [6, 6.07) is 0. The van der Waals surface area contributed by atoms with Gasteiger partial charge in [0.15, 0.2) is 6.17 Å². The van der Waals surface area contributed by atoms with Crippen LogP contribution in [0.5, 0.6) is 0 Å². The van der Waals surface area contributed by atoms with Crippen molar-refractivity contribution in [2.75, 3.05) is 0 Å². The summed E-state index contributed by atoms with van der Waals surface area (Å²) in [5.41, 5.74) is 0.222. The molecule has 0 aromatic rings. The van der Waals surface area contributed by atoms with Gasteiger partial charge in [-0.05, 0) is 24.2 Å². The summed E-state index contributed by atoms with van der Waals surface area (Å²) in [5.74, 6) is 0.351. The van der Waals surface area contributed by atoms with Crippen molar-refractivity contribution in [1.82, 2.24) is 0 Å². The SMILES string of the molecule is CC(CC(N=C=O)N=C=O)CC(C)(C)C. The lowest BCUT2D eigenvalue weighted by Gasteiger charge is -2.23. The van der Waals surface area contributed by atoms with E-state index < -0.39 is 6.17 Å². The van der Waals surface area contributed by atoms with E-state index >= 15 is 0 Å². The van der Waals surface area contributed by atoms with Crippen molar-refractivity contribution in [3.05, 3.63) is 0 Å². The minimum absolute atomic E-state index is 0.222. The molecule has 0 N–H and O–H groups in total. The van der Waals surface area contributed by atoms with E-state index in [1.807, 2.05) is 0 Å². The van der Waals surface area contributed by atoms with Gasteiger partial charge in [-0.1, -0.05) is 27.7 Å².